The van der Waals surface area contributed by atoms with Gasteiger partial charge in [0.05, 0.1) is 11.0 Å². The molecule has 1 saturated carbocycles. The fourth-order valence-corrected chi connectivity index (χ4v) is 2.49. The molecular formula is C13H16ClNO4. The number of ether oxygens (including phenoxy) is 1. The number of rotatable bonds is 4. The van der Waals surface area contributed by atoms with E-state index < -0.39 is 11.0 Å². The Morgan fingerprint density at radius 3 is 2.84 bits per heavy atom. The molecule has 6 heteroatoms. The molecule has 1 fully saturated rings. The van der Waals surface area contributed by atoms with Crippen LogP contribution in [0.25, 0.3) is 0 Å². The number of benzene rings is 1. The maximum Gasteiger partial charge on any atom is 0.312 e. The summed E-state index contributed by atoms with van der Waals surface area (Å²) in [7, 11) is 0. The van der Waals surface area contributed by atoms with Gasteiger partial charge in [0.15, 0.2) is 5.75 Å². The molecule has 0 spiro atoms. The van der Waals surface area contributed by atoms with Crippen LogP contribution in [0.3, 0.4) is 0 Å². The first-order valence-electron chi connectivity index (χ1n) is 6.17. The third-order valence-electron chi connectivity index (χ3n) is 4.08. The van der Waals surface area contributed by atoms with Crippen LogP contribution in [0, 0.1) is 15.5 Å². The molecule has 3 atom stereocenters. The van der Waals surface area contributed by atoms with Crippen molar-refractivity contribution in [3.63, 3.8) is 0 Å². The smallest absolute Gasteiger partial charge is 0.312 e. The van der Waals surface area contributed by atoms with E-state index in [1.807, 2.05) is 13.8 Å². The van der Waals surface area contributed by atoms with Gasteiger partial charge in [0.25, 0.3) is 0 Å². The van der Waals surface area contributed by atoms with E-state index in [4.69, 9.17) is 16.3 Å². The monoisotopic (exact) mass is 285 g/mol. The lowest BCUT2D eigenvalue weighted by atomic mass is 9.63. The molecule has 0 aliphatic heterocycles. The lowest BCUT2D eigenvalue weighted by molar-refractivity contribution is -0.386. The first kappa shape index (κ1) is 14.1. The lowest BCUT2D eigenvalue weighted by Gasteiger charge is -2.50. The Hall–Kier alpha value is -1.33. The molecule has 1 aromatic rings. The quantitative estimate of drug-likeness (QED) is 0.681. The van der Waals surface area contributed by atoms with E-state index in [0.717, 1.165) is 6.42 Å². The number of aliphatic hydroxyl groups excluding tert-OH is 1. The van der Waals surface area contributed by atoms with Gasteiger partial charge in [-0.15, -0.1) is 0 Å². The highest BCUT2D eigenvalue weighted by Gasteiger charge is 2.51. The average Bonchev–Trinajstić information content (AvgIpc) is 2.38. The summed E-state index contributed by atoms with van der Waals surface area (Å²) in [6.45, 7) is 3.89. The predicted octanol–water partition coefficient (Wildman–Crippen LogP) is 3.18. The van der Waals surface area contributed by atoms with Crippen LogP contribution in [0.2, 0.25) is 5.02 Å². The fourth-order valence-electron chi connectivity index (χ4n) is 2.33. The van der Waals surface area contributed by atoms with Gasteiger partial charge in [0, 0.05) is 22.9 Å². The Labute approximate surface area is 116 Å². The normalized spacial score (nSPS) is 29.7. The zero-order valence-electron chi connectivity index (χ0n) is 10.8. The Morgan fingerprint density at radius 2 is 2.32 bits per heavy atom. The first-order chi connectivity index (χ1) is 8.88. The van der Waals surface area contributed by atoms with E-state index in [9.17, 15) is 15.2 Å². The van der Waals surface area contributed by atoms with Crippen LogP contribution >= 0.6 is 11.6 Å². The first-order valence-corrected chi connectivity index (χ1v) is 6.55. The maximum absolute atomic E-state index is 11.0. The summed E-state index contributed by atoms with van der Waals surface area (Å²) in [5, 5.41) is 21.1. The molecule has 0 aromatic heterocycles. The van der Waals surface area contributed by atoms with E-state index in [-0.39, 0.29) is 23.0 Å². The Kier molecular flexibility index (Phi) is 3.69. The van der Waals surface area contributed by atoms with Crippen molar-refractivity contribution in [2.75, 3.05) is 0 Å². The highest BCUT2D eigenvalue weighted by molar-refractivity contribution is 6.30. The van der Waals surface area contributed by atoms with E-state index >= 15 is 0 Å². The number of hydrogen-bond acceptors (Lipinski definition) is 4. The number of hydrogen-bond donors (Lipinski definition) is 1. The van der Waals surface area contributed by atoms with Crippen molar-refractivity contribution in [3.05, 3.63) is 33.3 Å². The van der Waals surface area contributed by atoms with Crippen LogP contribution in [-0.2, 0) is 0 Å². The van der Waals surface area contributed by atoms with Crippen molar-refractivity contribution in [1.82, 2.24) is 0 Å². The Bertz CT molecular complexity index is 507. The number of halogens is 1. The predicted molar refractivity (Wildman–Crippen MR) is 71.5 cm³/mol. The second-order valence-corrected chi connectivity index (χ2v) is 5.52. The van der Waals surface area contributed by atoms with Gasteiger partial charge in [-0.25, -0.2) is 0 Å². The molecule has 0 amide bonds. The molecule has 0 radical (unpaired) electrons. The lowest BCUT2D eigenvalue weighted by Crippen LogP contribution is -2.57. The van der Waals surface area contributed by atoms with Crippen LogP contribution < -0.4 is 4.74 Å². The third-order valence-corrected chi connectivity index (χ3v) is 4.32. The van der Waals surface area contributed by atoms with Crippen LogP contribution in [0.5, 0.6) is 5.75 Å². The van der Waals surface area contributed by atoms with E-state index in [2.05, 4.69) is 0 Å². The van der Waals surface area contributed by atoms with Crippen LogP contribution in [0.15, 0.2) is 18.2 Å². The van der Waals surface area contributed by atoms with Crippen molar-refractivity contribution >= 4 is 17.3 Å². The molecule has 1 aliphatic carbocycles. The minimum absolute atomic E-state index is 0.146. The van der Waals surface area contributed by atoms with Gasteiger partial charge in [-0.1, -0.05) is 25.4 Å². The minimum atomic E-state index is -0.514. The molecule has 19 heavy (non-hydrogen) atoms. The van der Waals surface area contributed by atoms with Crippen LogP contribution in [-0.4, -0.2) is 22.2 Å². The van der Waals surface area contributed by atoms with Gasteiger partial charge < -0.3 is 9.84 Å². The molecular weight excluding hydrogens is 270 g/mol. The SMILES string of the molecule is CCC1(C)C(O)CC1Oc1ccc(Cl)cc1[N+](=O)[O-]. The molecule has 5 nitrogen and oxygen atoms in total. The summed E-state index contributed by atoms with van der Waals surface area (Å²) >= 11 is 5.75. The molecule has 0 heterocycles. The number of nitro groups is 1. The maximum atomic E-state index is 11.0. The molecule has 3 unspecified atom stereocenters. The molecule has 0 saturated heterocycles. The highest BCUT2D eigenvalue weighted by Crippen LogP contribution is 2.47. The van der Waals surface area contributed by atoms with E-state index in [0.29, 0.717) is 11.4 Å². The molecule has 104 valence electrons. The fraction of sp³-hybridized carbons (Fsp3) is 0.538. The molecule has 1 aromatic carbocycles. The van der Waals surface area contributed by atoms with Crippen molar-refractivity contribution in [3.8, 4) is 5.75 Å². The summed E-state index contributed by atoms with van der Waals surface area (Å²) in [6, 6.07) is 4.33. The Balaban J connectivity index is 2.23. The van der Waals surface area contributed by atoms with Crippen LogP contribution in [0.4, 0.5) is 5.69 Å². The second-order valence-electron chi connectivity index (χ2n) is 5.09. The summed E-state index contributed by atoms with van der Waals surface area (Å²) in [5.74, 6) is 0.200. The van der Waals surface area contributed by atoms with Crippen molar-refractivity contribution in [2.45, 2.75) is 38.9 Å². The van der Waals surface area contributed by atoms with Crippen molar-refractivity contribution in [2.24, 2.45) is 5.41 Å². The zero-order chi connectivity index (χ0) is 14.2. The number of nitro benzene ring substituents is 1. The zero-order valence-corrected chi connectivity index (χ0v) is 11.6. The van der Waals surface area contributed by atoms with Crippen molar-refractivity contribution in [1.29, 1.82) is 0 Å². The number of nitrogens with zero attached hydrogens (tertiary/aromatic N) is 1. The summed E-state index contributed by atoms with van der Waals surface area (Å²) in [4.78, 5) is 10.5. The van der Waals surface area contributed by atoms with E-state index in [1.54, 1.807) is 6.07 Å². The molecule has 0 bridgehead atoms. The average molecular weight is 286 g/mol. The summed E-state index contributed by atoms with van der Waals surface area (Å²) < 4.78 is 5.71. The minimum Gasteiger partial charge on any atom is -0.483 e. The number of aliphatic hydroxyl groups is 1. The van der Waals surface area contributed by atoms with Crippen molar-refractivity contribution < 1.29 is 14.8 Å². The highest BCUT2D eigenvalue weighted by atomic mass is 35.5. The molecule has 1 aliphatic rings. The standard InChI is InChI=1S/C13H16ClNO4/c1-3-13(2)11(16)7-12(13)19-10-5-4-8(14)6-9(10)15(17)18/h4-6,11-12,16H,3,7H2,1-2H3. The second kappa shape index (κ2) is 4.98. The van der Waals surface area contributed by atoms with E-state index in [1.165, 1.54) is 12.1 Å². The third kappa shape index (κ3) is 2.40. The van der Waals surface area contributed by atoms with Gasteiger partial charge in [-0.3, -0.25) is 10.1 Å². The summed E-state index contributed by atoms with van der Waals surface area (Å²) in [5.41, 5.74) is -0.500. The largest absolute Gasteiger partial charge is 0.483 e. The van der Waals surface area contributed by atoms with Gasteiger partial charge in [-0.2, -0.15) is 0 Å². The summed E-state index contributed by atoms with van der Waals surface area (Å²) in [6.07, 6.45) is 0.603. The molecule has 2 rings (SSSR count). The van der Waals surface area contributed by atoms with Gasteiger partial charge in [-0.05, 0) is 18.6 Å². The Morgan fingerprint density at radius 1 is 1.63 bits per heavy atom. The van der Waals surface area contributed by atoms with Gasteiger partial charge in [0.2, 0.25) is 0 Å². The topological polar surface area (TPSA) is 72.6 Å². The van der Waals surface area contributed by atoms with Gasteiger partial charge in [0.1, 0.15) is 6.10 Å². The molecule has 1 N–H and O–H groups in total. The van der Waals surface area contributed by atoms with Crippen LogP contribution in [0.1, 0.15) is 26.7 Å². The van der Waals surface area contributed by atoms with Gasteiger partial charge >= 0.3 is 5.69 Å².